The van der Waals surface area contributed by atoms with Crippen molar-refractivity contribution in [3.05, 3.63) is 60.7 Å². The van der Waals surface area contributed by atoms with Crippen LogP contribution in [0.5, 0.6) is 0 Å². The summed E-state index contributed by atoms with van der Waals surface area (Å²) in [5.41, 5.74) is -1.88. The lowest BCUT2D eigenvalue weighted by Crippen LogP contribution is -2.49. The number of halogens is 2. The molecule has 0 heterocycles. The largest absolute Gasteiger partial charge is 0.378 e. The second kappa shape index (κ2) is 9.82. The van der Waals surface area contributed by atoms with Crippen LogP contribution in [0.15, 0.2) is 60.7 Å². The summed E-state index contributed by atoms with van der Waals surface area (Å²) in [4.78, 5) is 13.5. The van der Waals surface area contributed by atoms with Crippen LogP contribution in [-0.2, 0) is 17.8 Å². The van der Waals surface area contributed by atoms with Crippen molar-refractivity contribution in [1.29, 1.82) is 0 Å². The Hall–Kier alpha value is -0.726. The molecule has 0 aliphatic rings. The zero-order valence-electron chi connectivity index (χ0n) is 18.0. The maximum absolute atomic E-state index is 14.2. The quantitative estimate of drug-likeness (QED) is 0.246. The summed E-state index contributed by atoms with van der Waals surface area (Å²) in [5.74, 6) is -0.153. The van der Waals surface area contributed by atoms with Gasteiger partial charge < -0.3 is 8.43 Å². The number of hydrogen-bond acceptors (Lipinski definition) is 4. The van der Waals surface area contributed by atoms with Crippen molar-refractivity contribution >= 4 is 63.3 Å². The molecule has 0 saturated carbocycles. The Morgan fingerprint density at radius 3 is 1.47 bits per heavy atom. The fourth-order valence-electron chi connectivity index (χ4n) is 2.97. The van der Waals surface area contributed by atoms with Crippen LogP contribution in [-0.4, -0.2) is 33.9 Å². The molecule has 0 aliphatic carbocycles. The lowest BCUT2D eigenvalue weighted by molar-refractivity contribution is -0.119. The molecule has 0 aliphatic heterocycles. The van der Waals surface area contributed by atoms with E-state index in [9.17, 15) is 9.36 Å². The molecule has 2 rings (SSSR count). The van der Waals surface area contributed by atoms with E-state index in [0.717, 1.165) is 10.4 Å². The SMILES string of the molecule is CC(CCl)(CCl)C(=O)P(=O)(O[Si](C)(C)c1ccccc1)O[Si](C)(C)c1ccccc1. The molecule has 0 atom stereocenters. The summed E-state index contributed by atoms with van der Waals surface area (Å²) in [7, 11) is -9.73. The summed E-state index contributed by atoms with van der Waals surface area (Å²) in [5, 5.41) is 1.83. The normalized spacial score (nSPS) is 13.3. The van der Waals surface area contributed by atoms with Gasteiger partial charge in [0, 0.05) is 11.8 Å². The van der Waals surface area contributed by atoms with Crippen molar-refractivity contribution in [2.75, 3.05) is 11.8 Å². The van der Waals surface area contributed by atoms with Gasteiger partial charge in [0.2, 0.25) is 22.2 Å². The summed E-state index contributed by atoms with van der Waals surface area (Å²) in [6, 6.07) is 19.1. The van der Waals surface area contributed by atoms with Gasteiger partial charge in [0.1, 0.15) is 0 Å². The highest BCUT2D eigenvalue weighted by Crippen LogP contribution is 2.57. The van der Waals surface area contributed by atoms with Gasteiger partial charge in [-0.3, -0.25) is 9.36 Å². The van der Waals surface area contributed by atoms with E-state index in [0.29, 0.717) is 0 Å². The number of alkyl halides is 2. The van der Waals surface area contributed by atoms with Crippen LogP contribution in [0.2, 0.25) is 26.2 Å². The van der Waals surface area contributed by atoms with E-state index in [-0.39, 0.29) is 11.8 Å². The zero-order chi connectivity index (χ0) is 22.6. The molecule has 0 unspecified atom stereocenters. The Bertz CT molecular complexity index is 846. The number of hydrogen-bond donors (Lipinski definition) is 0. The van der Waals surface area contributed by atoms with Gasteiger partial charge in [-0.05, 0) is 43.5 Å². The van der Waals surface area contributed by atoms with E-state index in [4.69, 9.17) is 31.6 Å². The number of rotatable bonds is 10. The van der Waals surface area contributed by atoms with Crippen LogP contribution in [0, 0.1) is 5.41 Å². The predicted octanol–water partition coefficient (Wildman–Crippen LogP) is 5.45. The average molecular weight is 504 g/mol. The van der Waals surface area contributed by atoms with Gasteiger partial charge in [0.25, 0.3) is 0 Å². The molecule has 9 heteroatoms. The molecule has 0 bridgehead atoms. The van der Waals surface area contributed by atoms with E-state index < -0.39 is 35.2 Å². The van der Waals surface area contributed by atoms with E-state index >= 15 is 0 Å². The lowest BCUT2D eigenvalue weighted by atomic mass is 9.99. The van der Waals surface area contributed by atoms with Gasteiger partial charge >= 0.3 is 7.60 Å². The molecule has 2 aromatic carbocycles. The molecule has 0 amide bonds. The van der Waals surface area contributed by atoms with Crippen molar-refractivity contribution < 1.29 is 17.8 Å². The Labute approximate surface area is 191 Å². The minimum atomic E-state index is -4.22. The van der Waals surface area contributed by atoms with Crippen LogP contribution in [0.25, 0.3) is 0 Å². The Balaban J connectivity index is 2.52. The molecule has 0 fully saturated rings. The van der Waals surface area contributed by atoms with Crippen LogP contribution >= 0.6 is 30.8 Å². The molecular formula is C21H29Cl2O4PSi2. The molecule has 164 valence electrons. The highest BCUT2D eigenvalue weighted by molar-refractivity contribution is 7.74. The second-order valence-electron chi connectivity index (χ2n) is 8.57. The summed E-state index contributed by atoms with van der Waals surface area (Å²) >= 11 is 12.1. The average Bonchev–Trinajstić information content (AvgIpc) is 2.73. The molecule has 0 saturated heterocycles. The Morgan fingerprint density at radius 2 is 1.17 bits per heavy atom. The number of carbonyl (C=O) groups is 1. The first-order valence-electron chi connectivity index (χ1n) is 9.70. The van der Waals surface area contributed by atoms with Crippen LogP contribution in [0.1, 0.15) is 6.92 Å². The van der Waals surface area contributed by atoms with Crippen molar-refractivity contribution in [3.8, 4) is 0 Å². The van der Waals surface area contributed by atoms with Crippen LogP contribution in [0.4, 0.5) is 0 Å². The first-order chi connectivity index (χ1) is 13.9. The highest BCUT2D eigenvalue weighted by Gasteiger charge is 2.52. The van der Waals surface area contributed by atoms with Crippen LogP contribution in [0.3, 0.4) is 0 Å². The van der Waals surface area contributed by atoms with Crippen LogP contribution < -0.4 is 10.4 Å². The van der Waals surface area contributed by atoms with Crippen molar-refractivity contribution in [2.24, 2.45) is 5.41 Å². The fourth-order valence-corrected chi connectivity index (χ4v) is 13.3. The first-order valence-corrected chi connectivity index (χ1v) is 18.1. The molecule has 2 aromatic rings. The lowest BCUT2D eigenvalue weighted by Gasteiger charge is -2.36. The minimum absolute atomic E-state index is 0.0767. The number of carbonyl (C=O) groups excluding carboxylic acids is 1. The number of benzene rings is 2. The summed E-state index contributed by atoms with van der Waals surface area (Å²) in [6.07, 6.45) is 0. The van der Waals surface area contributed by atoms with Gasteiger partial charge in [-0.2, -0.15) is 0 Å². The van der Waals surface area contributed by atoms with Gasteiger partial charge in [-0.15, -0.1) is 23.2 Å². The summed E-state index contributed by atoms with van der Waals surface area (Å²) in [6.45, 7) is 9.22. The zero-order valence-corrected chi connectivity index (χ0v) is 22.4. The van der Waals surface area contributed by atoms with E-state index in [1.807, 2.05) is 86.9 Å². The fraction of sp³-hybridized carbons (Fsp3) is 0.381. The van der Waals surface area contributed by atoms with E-state index in [2.05, 4.69) is 0 Å². The monoisotopic (exact) mass is 502 g/mol. The first kappa shape index (κ1) is 25.5. The van der Waals surface area contributed by atoms with Gasteiger partial charge in [-0.25, -0.2) is 0 Å². The minimum Gasteiger partial charge on any atom is -0.341 e. The molecule has 0 N–H and O–H groups in total. The second-order valence-corrected chi connectivity index (χ2v) is 19.2. The smallest absolute Gasteiger partial charge is 0.341 e. The topological polar surface area (TPSA) is 52.6 Å². The van der Waals surface area contributed by atoms with E-state index in [1.54, 1.807) is 6.92 Å². The van der Waals surface area contributed by atoms with Crippen molar-refractivity contribution in [1.82, 2.24) is 0 Å². The maximum Gasteiger partial charge on any atom is 0.378 e. The standard InChI is InChI=1S/C21H29Cl2O4PSi2/c1-21(16-22,17-23)20(24)28(25,26-29(2,3)18-12-8-6-9-13-18)27-30(4,5)19-14-10-7-11-15-19/h6-15H,16-17H2,1-5H3. The molecule has 30 heavy (non-hydrogen) atoms. The van der Waals surface area contributed by atoms with Gasteiger partial charge in [0.15, 0.2) is 0 Å². The third kappa shape index (κ3) is 5.74. The maximum atomic E-state index is 14.2. The molecule has 0 spiro atoms. The van der Waals surface area contributed by atoms with Crippen molar-refractivity contribution in [2.45, 2.75) is 33.1 Å². The Kier molecular flexibility index (Phi) is 8.36. The molecule has 0 aromatic heterocycles. The molecule has 4 nitrogen and oxygen atoms in total. The summed E-state index contributed by atoms with van der Waals surface area (Å²) < 4.78 is 26.7. The van der Waals surface area contributed by atoms with Gasteiger partial charge in [0.05, 0.1) is 5.41 Å². The predicted molar refractivity (Wildman–Crippen MR) is 131 cm³/mol. The van der Waals surface area contributed by atoms with Gasteiger partial charge in [-0.1, -0.05) is 60.7 Å². The van der Waals surface area contributed by atoms with Crippen molar-refractivity contribution in [3.63, 3.8) is 0 Å². The highest BCUT2D eigenvalue weighted by atomic mass is 35.5. The third-order valence-electron chi connectivity index (χ3n) is 4.99. The molecular weight excluding hydrogens is 474 g/mol. The van der Waals surface area contributed by atoms with E-state index in [1.165, 1.54) is 0 Å². The third-order valence-corrected chi connectivity index (χ3v) is 16.2. The Morgan fingerprint density at radius 1 is 0.833 bits per heavy atom. The molecule has 0 radical (unpaired) electrons.